The van der Waals surface area contributed by atoms with Crippen molar-refractivity contribution >= 4 is 24.3 Å². The molecule has 0 saturated heterocycles. The second-order valence-electron chi connectivity index (χ2n) is 4.87. The van der Waals surface area contributed by atoms with E-state index in [1.807, 2.05) is 12.1 Å². The molecular weight excluding hydrogens is 292 g/mol. The van der Waals surface area contributed by atoms with Crippen LogP contribution < -0.4 is 5.73 Å². The van der Waals surface area contributed by atoms with Gasteiger partial charge in [0, 0.05) is 18.2 Å². The maximum Gasteiger partial charge on any atom is 0.325 e. The number of ether oxygens (including phenoxy) is 1. The first-order valence-electron chi connectivity index (χ1n) is 6.91. The lowest BCUT2D eigenvalue weighted by Crippen LogP contribution is -2.38. The van der Waals surface area contributed by atoms with Gasteiger partial charge in [-0.05, 0) is 37.5 Å². The number of hydrogen-bond acceptors (Lipinski definition) is 4. The van der Waals surface area contributed by atoms with Gasteiger partial charge in [0.2, 0.25) is 0 Å². The zero-order chi connectivity index (χ0) is 14.5. The second-order valence-corrected chi connectivity index (χ2v) is 4.87. The minimum absolute atomic E-state index is 0. The minimum atomic E-state index is -0.355. The van der Waals surface area contributed by atoms with E-state index < -0.39 is 0 Å². The third-order valence-electron chi connectivity index (χ3n) is 3.29. The van der Waals surface area contributed by atoms with Crippen LogP contribution in [0.4, 0.5) is 0 Å². The average Bonchev–Trinajstić information content (AvgIpc) is 3.29. The summed E-state index contributed by atoms with van der Waals surface area (Å²) in [6.07, 6.45) is 1.90. The third-order valence-corrected chi connectivity index (χ3v) is 3.29. The Labute approximate surface area is 130 Å². The quantitative estimate of drug-likeness (QED) is 0.812. The summed E-state index contributed by atoms with van der Waals surface area (Å²) in [4.78, 5) is 25.6. The Hall–Kier alpha value is -1.59. The van der Waals surface area contributed by atoms with E-state index in [0.29, 0.717) is 18.7 Å². The molecule has 1 amide bonds. The Kier molecular flexibility index (Phi) is 6.65. The Morgan fingerprint density at radius 2 is 1.90 bits per heavy atom. The summed E-state index contributed by atoms with van der Waals surface area (Å²) in [6, 6.07) is 7.35. The molecule has 116 valence electrons. The molecule has 0 spiro atoms. The fourth-order valence-corrected chi connectivity index (χ4v) is 2.05. The Morgan fingerprint density at radius 3 is 2.38 bits per heavy atom. The first-order valence-corrected chi connectivity index (χ1v) is 6.91. The van der Waals surface area contributed by atoms with Crippen LogP contribution in [0.2, 0.25) is 0 Å². The SMILES string of the molecule is CCOC(=O)CN(C(=O)c1ccc(CN)cc1)C1CC1.Cl. The molecule has 1 aliphatic carbocycles. The molecule has 0 aliphatic heterocycles. The van der Waals surface area contributed by atoms with E-state index in [1.165, 1.54) is 0 Å². The highest BCUT2D eigenvalue weighted by Gasteiger charge is 2.34. The molecule has 0 bridgehead atoms. The van der Waals surface area contributed by atoms with Gasteiger partial charge in [0.15, 0.2) is 0 Å². The van der Waals surface area contributed by atoms with Crippen LogP contribution in [0.5, 0.6) is 0 Å². The van der Waals surface area contributed by atoms with Crippen molar-refractivity contribution in [2.75, 3.05) is 13.2 Å². The summed E-state index contributed by atoms with van der Waals surface area (Å²) >= 11 is 0. The predicted molar refractivity (Wildman–Crippen MR) is 82.3 cm³/mol. The van der Waals surface area contributed by atoms with Crippen molar-refractivity contribution < 1.29 is 14.3 Å². The van der Waals surface area contributed by atoms with E-state index in [0.717, 1.165) is 18.4 Å². The molecule has 6 heteroatoms. The number of carbonyl (C=O) groups is 2. The number of nitrogens with zero attached hydrogens (tertiary/aromatic N) is 1. The number of amides is 1. The topological polar surface area (TPSA) is 72.6 Å². The lowest BCUT2D eigenvalue weighted by molar-refractivity contribution is -0.144. The molecule has 5 nitrogen and oxygen atoms in total. The lowest BCUT2D eigenvalue weighted by atomic mass is 10.1. The first-order chi connectivity index (χ1) is 9.65. The van der Waals surface area contributed by atoms with Crippen LogP contribution in [0.1, 0.15) is 35.7 Å². The van der Waals surface area contributed by atoms with Crippen molar-refractivity contribution in [3.63, 3.8) is 0 Å². The van der Waals surface area contributed by atoms with E-state index in [-0.39, 0.29) is 36.9 Å². The average molecular weight is 313 g/mol. The molecule has 1 aliphatic rings. The van der Waals surface area contributed by atoms with Crippen LogP contribution in [0.3, 0.4) is 0 Å². The molecule has 2 rings (SSSR count). The third kappa shape index (κ3) is 4.72. The van der Waals surface area contributed by atoms with Crippen LogP contribution in [0.15, 0.2) is 24.3 Å². The normalized spacial score (nSPS) is 13.2. The highest BCUT2D eigenvalue weighted by Crippen LogP contribution is 2.28. The van der Waals surface area contributed by atoms with E-state index in [2.05, 4.69) is 0 Å². The van der Waals surface area contributed by atoms with Crippen LogP contribution in [0.25, 0.3) is 0 Å². The van der Waals surface area contributed by atoms with Gasteiger partial charge in [-0.2, -0.15) is 0 Å². The van der Waals surface area contributed by atoms with Crippen molar-refractivity contribution in [2.45, 2.75) is 32.4 Å². The smallest absolute Gasteiger partial charge is 0.325 e. The number of halogens is 1. The van der Waals surface area contributed by atoms with Crippen LogP contribution in [-0.2, 0) is 16.1 Å². The van der Waals surface area contributed by atoms with Gasteiger partial charge in [-0.25, -0.2) is 0 Å². The molecule has 1 saturated carbocycles. The molecule has 1 aromatic carbocycles. The van der Waals surface area contributed by atoms with Crippen molar-refractivity contribution in [3.05, 3.63) is 35.4 Å². The van der Waals surface area contributed by atoms with Crippen LogP contribution in [0, 0.1) is 0 Å². The number of esters is 1. The van der Waals surface area contributed by atoms with Crippen molar-refractivity contribution in [3.8, 4) is 0 Å². The summed E-state index contributed by atoms with van der Waals surface area (Å²) < 4.78 is 4.92. The summed E-state index contributed by atoms with van der Waals surface area (Å²) in [6.45, 7) is 2.56. The molecule has 0 radical (unpaired) electrons. The van der Waals surface area contributed by atoms with Crippen molar-refractivity contribution in [2.24, 2.45) is 5.73 Å². The molecule has 0 heterocycles. The minimum Gasteiger partial charge on any atom is -0.465 e. The number of benzene rings is 1. The van der Waals surface area contributed by atoms with Crippen LogP contribution >= 0.6 is 12.4 Å². The maximum absolute atomic E-state index is 12.5. The van der Waals surface area contributed by atoms with Gasteiger partial charge in [-0.15, -0.1) is 12.4 Å². The number of nitrogens with two attached hydrogens (primary N) is 1. The molecule has 0 aromatic heterocycles. The van der Waals surface area contributed by atoms with Gasteiger partial charge in [0.25, 0.3) is 5.91 Å². The zero-order valence-corrected chi connectivity index (χ0v) is 12.9. The predicted octanol–water partition coefficient (Wildman–Crippen LogP) is 1.73. The lowest BCUT2D eigenvalue weighted by Gasteiger charge is -2.21. The van der Waals surface area contributed by atoms with E-state index in [9.17, 15) is 9.59 Å². The van der Waals surface area contributed by atoms with Gasteiger partial charge >= 0.3 is 5.97 Å². The van der Waals surface area contributed by atoms with Crippen molar-refractivity contribution in [1.29, 1.82) is 0 Å². The zero-order valence-electron chi connectivity index (χ0n) is 12.1. The number of rotatable bonds is 6. The molecule has 21 heavy (non-hydrogen) atoms. The highest BCUT2D eigenvalue weighted by atomic mass is 35.5. The molecule has 1 aromatic rings. The molecule has 1 fully saturated rings. The monoisotopic (exact) mass is 312 g/mol. The van der Waals surface area contributed by atoms with E-state index in [4.69, 9.17) is 10.5 Å². The Bertz CT molecular complexity index is 486. The molecule has 2 N–H and O–H groups in total. The Balaban J connectivity index is 0.00000220. The highest BCUT2D eigenvalue weighted by molar-refractivity contribution is 5.96. The first kappa shape index (κ1) is 17.5. The van der Waals surface area contributed by atoms with Gasteiger partial charge in [0.05, 0.1) is 6.61 Å². The Morgan fingerprint density at radius 1 is 1.29 bits per heavy atom. The fraction of sp³-hybridized carbons (Fsp3) is 0.467. The largest absolute Gasteiger partial charge is 0.465 e. The fourth-order valence-electron chi connectivity index (χ4n) is 2.05. The summed E-state index contributed by atoms with van der Waals surface area (Å²) in [5, 5.41) is 0. The standard InChI is InChI=1S/C15H20N2O3.ClH/c1-2-20-14(18)10-17(13-7-8-13)15(19)12-5-3-11(9-16)4-6-12;/h3-6,13H,2,7-10,16H2,1H3;1H. The van der Waals surface area contributed by atoms with Gasteiger partial charge in [0.1, 0.15) is 6.54 Å². The maximum atomic E-state index is 12.5. The number of hydrogen-bond donors (Lipinski definition) is 1. The van der Waals surface area contributed by atoms with Crippen molar-refractivity contribution in [1.82, 2.24) is 4.90 Å². The van der Waals surface area contributed by atoms with E-state index >= 15 is 0 Å². The summed E-state index contributed by atoms with van der Waals surface area (Å²) in [5.41, 5.74) is 7.10. The number of carbonyl (C=O) groups excluding carboxylic acids is 2. The summed E-state index contributed by atoms with van der Waals surface area (Å²) in [7, 11) is 0. The molecule has 0 unspecified atom stereocenters. The van der Waals surface area contributed by atoms with Gasteiger partial charge in [-0.3, -0.25) is 9.59 Å². The second kappa shape index (κ2) is 8.00. The molecular formula is C15H21ClN2O3. The molecule has 0 atom stereocenters. The van der Waals surface area contributed by atoms with E-state index in [1.54, 1.807) is 24.0 Å². The van der Waals surface area contributed by atoms with Crippen LogP contribution in [-0.4, -0.2) is 36.0 Å². The van der Waals surface area contributed by atoms with Gasteiger partial charge < -0.3 is 15.4 Å². The summed E-state index contributed by atoms with van der Waals surface area (Å²) in [5.74, 6) is -0.476. The van der Waals surface area contributed by atoms with Gasteiger partial charge in [-0.1, -0.05) is 12.1 Å².